The van der Waals surface area contributed by atoms with Crippen LogP contribution in [0.2, 0.25) is 0 Å². The molecule has 2 heterocycles. The van der Waals surface area contributed by atoms with Gasteiger partial charge in [-0.15, -0.1) is 0 Å². The first kappa shape index (κ1) is 31.0. The summed E-state index contributed by atoms with van der Waals surface area (Å²) in [6, 6.07) is 11.6. The number of fused-ring (bicyclic) bond motifs is 1. The highest BCUT2D eigenvalue weighted by atomic mass is 32.2. The predicted molar refractivity (Wildman–Crippen MR) is 157 cm³/mol. The van der Waals surface area contributed by atoms with Crippen LogP contribution in [0.5, 0.6) is 0 Å². The molecule has 4 aromatic rings. The second-order valence-electron chi connectivity index (χ2n) is 10.6. The van der Waals surface area contributed by atoms with Crippen molar-refractivity contribution in [2.24, 2.45) is 0 Å². The van der Waals surface area contributed by atoms with E-state index in [-0.39, 0.29) is 35.7 Å². The van der Waals surface area contributed by atoms with Gasteiger partial charge in [0.15, 0.2) is 11.6 Å². The van der Waals surface area contributed by atoms with Gasteiger partial charge in [0, 0.05) is 35.7 Å². The molecule has 0 aliphatic carbocycles. The third-order valence-corrected chi connectivity index (χ3v) is 9.80. The molecule has 0 radical (unpaired) electrons. The highest BCUT2D eigenvalue weighted by molar-refractivity contribution is 7.92. The topological polar surface area (TPSA) is 129 Å². The van der Waals surface area contributed by atoms with Crippen LogP contribution in [0, 0.1) is 17.5 Å². The summed E-state index contributed by atoms with van der Waals surface area (Å²) in [7, 11) is -6.19. The molecule has 3 aromatic carbocycles. The number of benzene rings is 3. The van der Waals surface area contributed by atoms with Crippen LogP contribution in [0.15, 0.2) is 59.0 Å². The molecule has 1 aliphatic heterocycles. The first-order valence-electron chi connectivity index (χ1n) is 13.4. The van der Waals surface area contributed by atoms with Crippen molar-refractivity contribution in [3.05, 3.63) is 88.7 Å². The number of sulfonamides is 2. The maximum Gasteiger partial charge on any atom is 0.229 e. The molecule has 1 aromatic heterocycles. The van der Waals surface area contributed by atoms with Crippen LogP contribution in [-0.2, 0) is 25.8 Å². The van der Waals surface area contributed by atoms with Crippen LogP contribution in [0.25, 0.3) is 22.3 Å². The molecular weight excluding hydrogens is 607 g/mol. The van der Waals surface area contributed by atoms with Gasteiger partial charge in [-0.1, -0.05) is 6.07 Å². The summed E-state index contributed by atoms with van der Waals surface area (Å²) in [6.07, 6.45) is 0.759. The molecule has 0 bridgehead atoms. The molecule has 0 saturated carbocycles. The molecule has 5 rings (SSSR count). The lowest BCUT2D eigenvalue weighted by molar-refractivity contribution is 0.150. The van der Waals surface area contributed by atoms with Gasteiger partial charge in [-0.25, -0.2) is 34.3 Å². The Hall–Kier alpha value is -3.43. The summed E-state index contributed by atoms with van der Waals surface area (Å²) in [4.78, 5) is 0. The van der Waals surface area contributed by atoms with E-state index in [9.17, 15) is 35.1 Å². The van der Waals surface area contributed by atoms with Gasteiger partial charge in [-0.2, -0.15) is 0 Å². The summed E-state index contributed by atoms with van der Waals surface area (Å²) in [5.74, 6) is -3.44. The Morgan fingerprint density at radius 3 is 2.40 bits per heavy atom. The summed E-state index contributed by atoms with van der Waals surface area (Å²) >= 11 is 0. The monoisotopic (exact) mass is 637 g/mol. The minimum absolute atomic E-state index is 0.00252. The van der Waals surface area contributed by atoms with E-state index in [1.165, 1.54) is 47.8 Å². The number of aliphatic hydroxyl groups is 1. The number of furan rings is 1. The molecule has 230 valence electrons. The van der Waals surface area contributed by atoms with Crippen molar-refractivity contribution in [3.63, 3.8) is 0 Å². The number of nitrogens with one attached hydrogen (secondary N) is 2. The molecule has 1 fully saturated rings. The van der Waals surface area contributed by atoms with Gasteiger partial charge in [0.1, 0.15) is 23.4 Å². The van der Waals surface area contributed by atoms with Crippen LogP contribution >= 0.6 is 0 Å². The number of halogens is 3. The summed E-state index contributed by atoms with van der Waals surface area (Å²) < 4.78 is 102. The largest absolute Gasteiger partial charge is 0.456 e. The van der Waals surface area contributed by atoms with Crippen LogP contribution in [0.3, 0.4) is 0 Å². The quantitative estimate of drug-likeness (QED) is 0.225. The smallest absolute Gasteiger partial charge is 0.229 e. The maximum atomic E-state index is 13.7. The zero-order valence-electron chi connectivity index (χ0n) is 23.3. The Kier molecular flexibility index (Phi) is 8.60. The average Bonchev–Trinajstić information content (AvgIpc) is 3.32. The zero-order chi connectivity index (χ0) is 31.1. The number of rotatable bonds is 9. The van der Waals surface area contributed by atoms with E-state index in [1.807, 2.05) is 0 Å². The Morgan fingerprint density at radius 1 is 1.02 bits per heavy atom. The van der Waals surface area contributed by atoms with Gasteiger partial charge >= 0.3 is 0 Å². The lowest BCUT2D eigenvalue weighted by atomic mass is 9.89. The molecule has 0 unspecified atom stereocenters. The van der Waals surface area contributed by atoms with Gasteiger partial charge in [-0.05, 0) is 79.4 Å². The number of anilines is 1. The van der Waals surface area contributed by atoms with E-state index in [2.05, 4.69) is 10.0 Å². The number of piperidine rings is 1. The Balaban J connectivity index is 1.58. The SMILES string of the molecule is CN[C@H](O)c1c(-c2ccc(F)cc2)oc2cc(NS(C)(=O)=O)c([C@H]3CCCN(S(=O)(=O)Cc4ccc(F)c(F)c4)C3)cc12. The van der Waals surface area contributed by atoms with Crippen LogP contribution < -0.4 is 10.0 Å². The third-order valence-electron chi connectivity index (χ3n) is 7.40. The van der Waals surface area contributed by atoms with Crippen molar-refractivity contribution in [2.75, 3.05) is 31.1 Å². The number of aliphatic hydroxyl groups excluding tert-OH is 1. The lowest BCUT2D eigenvalue weighted by Gasteiger charge is -2.33. The van der Waals surface area contributed by atoms with Crippen molar-refractivity contribution in [1.29, 1.82) is 0 Å². The highest BCUT2D eigenvalue weighted by Crippen LogP contribution is 2.42. The van der Waals surface area contributed by atoms with Gasteiger partial charge in [0.25, 0.3) is 0 Å². The zero-order valence-corrected chi connectivity index (χ0v) is 24.9. The van der Waals surface area contributed by atoms with Gasteiger partial charge in [0.05, 0.1) is 17.7 Å². The van der Waals surface area contributed by atoms with E-state index in [0.29, 0.717) is 34.9 Å². The number of nitrogens with zero attached hydrogens (tertiary/aromatic N) is 1. The molecular formula is C29H30F3N3O6S2. The fourth-order valence-corrected chi connectivity index (χ4v) is 7.59. The summed E-state index contributed by atoms with van der Waals surface area (Å²) in [5, 5.41) is 14.1. The van der Waals surface area contributed by atoms with E-state index >= 15 is 0 Å². The number of hydrogen-bond acceptors (Lipinski definition) is 7. The van der Waals surface area contributed by atoms with Crippen LogP contribution in [-0.4, -0.2) is 52.6 Å². The van der Waals surface area contributed by atoms with Crippen molar-refractivity contribution >= 4 is 36.7 Å². The minimum atomic E-state index is -3.95. The second-order valence-corrected chi connectivity index (χ2v) is 14.3. The molecule has 3 N–H and O–H groups in total. The molecule has 1 saturated heterocycles. The van der Waals surface area contributed by atoms with Crippen molar-refractivity contribution in [2.45, 2.75) is 30.7 Å². The fourth-order valence-electron chi connectivity index (χ4n) is 5.42. The molecule has 9 nitrogen and oxygen atoms in total. The van der Waals surface area contributed by atoms with E-state index in [0.717, 1.165) is 18.4 Å². The third kappa shape index (κ3) is 6.73. The Bertz CT molecular complexity index is 1880. The lowest BCUT2D eigenvalue weighted by Crippen LogP contribution is -2.40. The van der Waals surface area contributed by atoms with E-state index < -0.39 is 55.4 Å². The Morgan fingerprint density at radius 2 is 1.74 bits per heavy atom. The Labute approximate surface area is 247 Å². The van der Waals surface area contributed by atoms with Crippen molar-refractivity contribution in [1.82, 2.24) is 9.62 Å². The van der Waals surface area contributed by atoms with E-state index in [4.69, 9.17) is 4.42 Å². The maximum absolute atomic E-state index is 13.7. The highest BCUT2D eigenvalue weighted by Gasteiger charge is 2.33. The molecule has 1 aliphatic rings. The van der Waals surface area contributed by atoms with Crippen LogP contribution in [0.4, 0.5) is 18.9 Å². The molecule has 0 spiro atoms. The summed E-state index contributed by atoms with van der Waals surface area (Å²) in [6.45, 7) is 0.201. The van der Waals surface area contributed by atoms with Gasteiger partial charge in [0.2, 0.25) is 20.0 Å². The van der Waals surface area contributed by atoms with Crippen LogP contribution in [0.1, 0.15) is 41.7 Å². The predicted octanol–water partition coefficient (Wildman–Crippen LogP) is 4.81. The molecule has 43 heavy (non-hydrogen) atoms. The molecule has 2 atom stereocenters. The molecule has 0 amide bonds. The standard InChI is InChI=1S/C29H30F3N3O6S2/c1-33-29(36)27-22-13-21(19-4-3-11-35(15-19)43(39,40)16-17-5-10-23(31)24(32)12-17)25(34-42(2,37)38)14-26(22)41-28(27)18-6-8-20(30)9-7-18/h5-10,12-14,19,29,33-34,36H,3-4,11,15-16H2,1-2H3/t19-,29+/m0/s1. The fraction of sp³-hybridized carbons (Fsp3) is 0.310. The number of hydrogen-bond donors (Lipinski definition) is 3. The van der Waals surface area contributed by atoms with Crippen molar-refractivity contribution < 1.29 is 39.5 Å². The van der Waals surface area contributed by atoms with Gasteiger partial charge in [-0.3, -0.25) is 10.0 Å². The van der Waals surface area contributed by atoms with Crippen molar-refractivity contribution in [3.8, 4) is 11.3 Å². The van der Waals surface area contributed by atoms with Gasteiger partial charge < -0.3 is 9.52 Å². The average molecular weight is 638 g/mol. The first-order valence-corrected chi connectivity index (χ1v) is 16.9. The second kappa shape index (κ2) is 11.9. The first-order chi connectivity index (χ1) is 20.3. The van der Waals surface area contributed by atoms with E-state index in [1.54, 1.807) is 6.07 Å². The summed E-state index contributed by atoms with van der Waals surface area (Å²) in [5.41, 5.74) is 1.84. The normalized spacial score (nSPS) is 17.3. The molecule has 14 heteroatoms. The minimum Gasteiger partial charge on any atom is -0.456 e.